The van der Waals surface area contributed by atoms with Crippen LogP contribution in [0.4, 0.5) is 15.8 Å². The highest BCUT2D eigenvalue weighted by Gasteiger charge is 2.30. The van der Waals surface area contributed by atoms with Crippen molar-refractivity contribution in [2.75, 3.05) is 36.0 Å². The van der Waals surface area contributed by atoms with Gasteiger partial charge >= 0.3 is 0 Å². The summed E-state index contributed by atoms with van der Waals surface area (Å²) >= 11 is 0. The zero-order valence-electron chi connectivity index (χ0n) is 13.5. The molecule has 0 saturated carbocycles. The number of anilines is 2. The van der Waals surface area contributed by atoms with E-state index in [1.807, 2.05) is 0 Å². The molecule has 4 nitrogen and oxygen atoms in total. The average Bonchev–Trinajstić information content (AvgIpc) is 3.01. The molecular weight excluding hydrogens is 307 g/mol. The molecule has 0 atom stereocenters. The van der Waals surface area contributed by atoms with Gasteiger partial charge in [-0.3, -0.25) is 9.69 Å². The fourth-order valence-corrected chi connectivity index (χ4v) is 3.82. The van der Waals surface area contributed by atoms with Gasteiger partial charge in [0.25, 0.3) is 5.91 Å². The first-order valence-electron chi connectivity index (χ1n) is 8.32. The normalized spacial score (nSPS) is 19.8. The van der Waals surface area contributed by atoms with Gasteiger partial charge in [0.2, 0.25) is 0 Å². The Morgan fingerprint density at radius 1 is 1.17 bits per heavy atom. The van der Waals surface area contributed by atoms with Crippen LogP contribution in [0.2, 0.25) is 0 Å². The van der Waals surface area contributed by atoms with Crippen molar-refractivity contribution in [2.24, 2.45) is 0 Å². The number of fused-ring (bicyclic) bond motifs is 1. The summed E-state index contributed by atoms with van der Waals surface area (Å²) in [7, 11) is 0. The summed E-state index contributed by atoms with van der Waals surface area (Å²) < 4.78 is 20.0. The fourth-order valence-electron chi connectivity index (χ4n) is 3.82. The molecule has 1 aromatic carbocycles. The Morgan fingerprint density at radius 2 is 1.88 bits per heavy atom. The molecule has 0 unspecified atom stereocenters. The fraction of sp³-hybridized carbons (Fsp3) is 0.421. The van der Waals surface area contributed by atoms with E-state index in [4.69, 9.17) is 11.2 Å². The third kappa shape index (κ3) is 2.43. The van der Waals surface area contributed by atoms with Gasteiger partial charge in [0, 0.05) is 19.2 Å². The summed E-state index contributed by atoms with van der Waals surface area (Å²) in [5.41, 5.74) is 3.98. The Bertz CT molecular complexity index is 760. The second kappa shape index (κ2) is 5.86. The van der Waals surface area contributed by atoms with Gasteiger partial charge in [-0.25, -0.2) is 4.39 Å². The predicted octanol–water partition coefficient (Wildman–Crippen LogP) is 2.87. The lowest BCUT2D eigenvalue weighted by Gasteiger charge is -2.30. The van der Waals surface area contributed by atoms with Crippen molar-refractivity contribution in [1.82, 2.24) is 0 Å². The Labute approximate surface area is 140 Å². The first-order chi connectivity index (χ1) is 11.7. The first kappa shape index (κ1) is 15.1. The second-order valence-electron chi connectivity index (χ2n) is 6.51. The van der Waals surface area contributed by atoms with Crippen molar-refractivity contribution in [3.8, 4) is 18.1 Å². The van der Waals surface area contributed by atoms with Gasteiger partial charge < -0.3 is 9.64 Å². The molecule has 24 heavy (non-hydrogen) atoms. The maximum Gasteiger partial charge on any atom is 0.265 e. The number of rotatable bonds is 2. The Morgan fingerprint density at radius 3 is 2.54 bits per heavy atom. The zero-order valence-corrected chi connectivity index (χ0v) is 13.5. The molecule has 1 aromatic rings. The Kier molecular flexibility index (Phi) is 3.68. The van der Waals surface area contributed by atoms with Crippen LogP contribution >= 0.6 is 0 Å². The standard InChI is InChI=1S/C19H19FN2O2/c1-2-7-22-17-9-16(15(20)8-18(17)24-12-19(22)23)21-10-13-5-3-4-6-14(13)11-21/h1,8-9H,3-7,10-12H2. The topological polar surface area (TPSA) is 32.8 Å². The first-order valence-corrected chi connectivity index (χ1v) is 8.32. The van der Waals surface area contributed by atoms with Gasteiger partial charge in [-0.15, -0.1) is 6.42 Å². The quantitative estimate of drug-likeness (QED) is 0.619. The number of halogens is 1. The summed E-state index contributed by atoms with van der Waals surface area (Å²) in [5.74, 6) is 2.35. The van der Waals surface area contributed by atoms with Crippen LogP contribution in [-0.4, -0.2) is 32.1 Å². The van der Waals surface area contributed by atoms with Crippen molar-refractivity contribution in [2.45, 2.75) is 25.7 Å². The van der Waals surface area contributed by atoms with E-state index in [0.29, 0.717) is 17.1 Å². The lowest BCUT2D eigenvalue weighted by atomic mass is 9.94. The third-order valence-electron chi connectivity index (χ3n) is 5.03. The molecule has 0 spiro atoms. The van der Waals surface area contributed by atoms with E-state index in [9.17, 15) is 9.18 Å². The molecule has 1 amide bonds. The summed E-state index contributed by atoms with van der Waals surface area (Å²) in [5, 5.41) is 0. The van der Waals surface area contributed by atoms with Crippen molar-refractivity contribution < 1.29 is 13.9 Å². The SMILES string of the molecule is C#CCN1C(=O)COc2cc(F)c(N3CC4=C(CCCC4)C3)cc21. The lowest BCUT2D eigenvalue weighted by molar-refractivity contribution is -0.121. The number of hydrogen-bond donors (Lipinski definition) is 0. The summed E-state index contributed by atoms with van der Waals surface area (Å²) in [6.45, 7) is 1.60. The molecule has 124 valence electrons. The van der Waals surface area contributed by atoms with Gasteiger partial charge in [-0.2, -0.15) is 0 Å². The van der Waals surface area contributed by atoms with E-state index in [-0.39, 0.29) is 24.9 Å². The monoisotopic (exact) mass is 326 g/mol. The minimum atomic E-state index is -0.316. The number of carbonyl (C=O) groups excluding carboxylic acids is 1. The van der Waals surface area contributed by atoms with Gasteiger partial charge in [-0.1, -0.05) is 5.92 Å². The smallest absolute Gasteiger partial charge is 0.265 e. The van der Waals surface area contributed by atoms with Crippen LogP contribution in [0.3, 0.4) is 0 Å². The van der Waals surface area contributed by atoms with E-state index >= 15 is 0 Å². The van der Waals surface area contributed by atoms with Crippen molar-refractivity contribution in [3.63, 3.8) is 0 Å². The Balaban J connectivity index is 1.68. The molecule has 3 aliphatic rings. The van der Waals surface area contributed by atoms with Crippen LogP contribution in [0.15, 0.2) is 23.3 Å². The van der Waals surface area contributed by atoms with Gasteiger partial charge in [0.15, 0.2) is 6.61 Å². The largest absolute Gasteiger partial charge is 0.481 e. The molecule has 0 aromatic heterocycles. The summed E-state index contributed by atoms with van der Waals surface area (Å²) in [6, 6.07) is 3.08. The predicted molar refractivity (Wildman–Crippen MR) is 90.8 cm³/mol. The number of carbonyl (C=O) groups is 1. The van der Waals surface area contributed by atoms with Crippen LogP contribution in [0.1, 0.15) is 25.7 Å². The van der Waals surface area contributed by atoms with Crippen LogP contribution in [-0.2, 0) is 4.79 Å². The number of benzene rings is 1. The van der Waals surface area contributed by atoms with Crippen LogP contribution in [0.25, 0.3) is 0 Å². The number of amides is 1. The molecule has 0 N–H and O–H groups in total. The van der Waals surface area contributed by atoms with Crippen molar-refractivity contribution in [1.29, 1.82) is 0 Å². The molecule has 1 aliphatic carbocycles. The minimum absolute atomic E-state index is 0.104. The molecule has 2 aliphatic heterocycles. The molecule has 0 fully saturated rings. The highest BCUT2D eigenvalue weighted by atomic mass is 19.1. The molecule has 0 saturated heterocycles. The molecule has 0 bridgehead atoms. The maximum absolute atomic E-state index is 14.6. The van der Waals surface area contributed by atoms with E-state index in [2.05, 4.69) is 10.8 Å². The number of ether oxygens (including phenoxy) is 1. The Hall–Kier alpha value is -2.48. The van der Waals surface area contributed by atoms with E-state index < -0.39 is 0 Å². The molecule has 5 heteroatoms. The van der Waals surface area contributed by atoms with Crippen LogP contribution < -0.4 is 14.5 Å². The molecular formula is C19H19FN2O2. The molecule has 2 heterocycles. The lowest BCUT2D eigenvalue weighted by Crippen LogP contribution is -2.39. The van der Waals surface area contributed by atoms with Crippen LogP contribution in [0, 0.1) is 18.2 Å². The number of hydrogen-bond acceptors (Lipinski definition) is 3. The van der Waals surface area contributed by atoms with Crippen molar-refractivity contribution >= 4 is 17.3 Å². The second-order valence-corrected chi connectivity index (χ2v) is 6.51. The van der Waals surface area contributed by atoms with E-state index in [0.717, 1.165) is 25.9 Å². The van der Waals surface area contributed by atoms with Gasteiger partial charge in [0.1, 0.15) is 11.6 Å². The van der Waals surface area contributed by atoms with E-state index in [1.54, 1.807) is 6.07 Å². The van der Waals surface area contributed by atoms with Gasteiger partial charge in [-0.05, 0) is 42.9 Å². The minimum Gasteiger partial charge on any atom is -0.481 e. The number of nitrogens with zero attached hydrogens (tertiary/aromatic N) is 2. The van der Waals surface area contributed by atoms with E-state index in [1.165, 1.54) is 35.0 Å². The van der Waals surface area contributed by atoms with Gasteiger partial charge in [0.05, 0.1) is 17.9 Å². The average molecular weight is 326 g/mol. The van der Waals surface area contributed by atoms with Crippen molar-refractivity contribution in [3.05, 3.63) is 29.1 Å². The highest BCUT2D eigenvalue weighted by Crippen LogP contribution is 2.40. The maximum atomic E-state index is 14.6. The highest BCUT2D eigenvalue weighted by molar-refractivity contribution is 5.98. The zero-order chi connectivity index (χ0) is 16.7. The molecule has 4 rings (SSSR count). The summed E-state index contributed by atoms with van der Waals surface area (Å²) in [6.07, 6.45) is 10.0. The van der Waals surface area contributed by atoms with Crippen LogP contribution in [0.5, 0.6) is 5.75 Å². The third-order valence-corrected chi connectivity index (χ3v) is 5.03. The molecule has 0 radical (unpaired) electrons. The number of terminal acetylenes is 1. The summed E-state index contributed by atoms with van der Waals surface area (Å²) in [4.78, 5) is 15.6.